The van der Waals surface area contributed by atoms with Crippen LogP contribution in [0.4, 0.5) is 5.82 Å². The van der Waals surface area contributed by atoms with Crippen molar-refractivity contribution in [1.82, 2.24) is 14.8 Å². The molecular weight excluding hydrogens is 290 g/mol. The van der Waals surface area contributed by atoms with E-state index in [4.69, 9.17) is 10.5 Å². The maximum absolute atomic E-state index is 9.60. The molecule has 0 aliphatic carbocycles. The standard InChI is InChI=1S/C17H19N5O/c1-4-6-22-11(3)15(10(2)21-22)16-12(8-18)17(19)20-14-5-7-23-9-13(14)16/h4H,1,5-7,9H2,2-3H3,(H2,19,20). The molecule has 0 aromatic carbocycles. The third-order valence-electron chi connectivity index (χ3n) is 4.19. The average molecular weight is 309 g/mol. The minimum atomic E-state index is 0.276. The van der Waals surface area contributed by atoms with Gasteiger partial charge in [0.15, 0.2) is 0 Å². The second-order valence-corrected chi connectivity index (χ2v) is 5.60. The van der Waals surface area contributed by atoms with Crippen molar-refractivity contribution < 1.29 is 4.74 Å². The van der Waals surface area contributed by atoms with Crippen molar-refractivity contribution in [3.63, 3.8) is 0 Å². The summed E-state index contributed by atoms with van der Waals surface area (Å²) in [7, 11) is 0. The lowest BCUT2D eigenvalue weighted by Crippen LogP contribution is -2.16. The van der Waals surface area contributed by atoms with Crippen molar-refractivity contribution in [3.05, 3.63) is 40.9 Å². The van der Waals surface area contributed by atoms with Crippen LogP contribution in [0.2, 0.25) is 0 Å². The molecule has 0 saturated carbocycles. The van der Waals surface area contributed by atoms with Crippen LogP contribution >= 0.6 is 0 Å². The van der Waals surface area contributed by atoms with E-state index in [2.05, 4.69) is 22.7 Å². The summed E-state index contributed by atoms with van der Waals surface area (Å²) >= 11 is 0. The fraction of sp³-hybridized carbons (Fsp3) is 0.353. The molecule has 1 aliphatic heterocycles. The second-order valence-electron chi connectivity index (χ2n) is 5.60. The molecule has 0 atom stereocenters. The number of nitrogens with zero attached hydrogens (tertiary/aromatic N) is 4. The number of rotatable bonds is 3. The number of nitrogen functional groups attached to an aromatic ring is 1. The number of fused-ring (bicyclic) bond motifs is 1. The van der Waals surface area contributed by atoms with E-state index in [0.29, 0.717) is 31.7 Å². The first-order valence-electron chi connectivity index (χ1n) is 7.52. The molecule has 2 N–H and O–H groups in total. The smallest absolute Gasteiger partial charge is 0.142 e. The van der Waals surface area contributed by atoms with Gasteiger partial charge in [-0.1, -0.05) is 6.08 Å². The normalized spacial score (nSPS) is 13.4. The molecule has 6 heteroatoms. The number of pyridine rings is 1. The van der Waals surface area contributed by atoms with E-state index in [1.807, 2.05) is 18.5 Å². The monoisotopic (exact) mass is 309 g/mol. The molecule has 0 fully saturated rings. The molecule has 23 heavy (non-hydrogen) atoms. The summed E-state index contributed by atoms with van der Waals surface area (Å²) in [6, 6.07) is 2.21. The van der Waals surface area contributed by atoms with Gasteiger partial charge in [0.25, 0.3) is 0 Å². The zero-order valence-corrected chi connectivity index (χ0v) is 13.4. The molecule has 0 spiro atoms. The molecule has 1 aliphatic rings. The molecule has 118 valence electrons. The van der Waals surface area contributed by atoms with Crippen molar-refractivity contribution in [1.29, 1.82) is 5.26 Å². The van der Waals surface area contributed by atoms with Gasteiger partial charge in [0.05, 0.1) is 31.1 Å². The van der Waals surface area contributed by atoms with Gasteiger partial charge in [-0.05, 0) is 13.8 Å². The largest absolute Gasteiger partial charge is 0.383 e. The minimum Gasteiger partial charge on any atom is -0.383 e. The average Bonchev–Trinajstić information content (AvgIpc) is 2.80. The number of hydrogen-bond donors (Lipinski definition) is 1. The number of aromatic nitrogens is 3. The molecule has 0 unspecified atom stereocenters. The van der Waals surface area contributed by atoms with Crippen LogP contribution in [0, 0.1) is 25.2 Å². The number of allylic oxidation sites excluding steroid dienone is 1. The highest BCUT2D eigenvalue weighted by atomic mass is 16.5. The third kappa shape index (κ3) is 2.39. The molecule has 0 bridgehead atoms. The summed E-state index contributed by atoms with van der Waals surface area (Å²) < 4.78 is 7.48. The molecule has 2 aromatic heterocycles. The Bertz CT molecular complexity index is 829. The quantitative estimate of drug-likeness (QED) is 0.878. The van der Waals surface area contributed by atoms with Gasteiger partial charge in [0, 0.05) is 28.8 Å². The zero-order valence-electron chi connectivity index (χ0n) is 13.4. The molecule has 0 saturated heterocycles. The van der Waals surface area contributed by atoms with Crippen molar-refractivity contribution in [2.75, 3.05) is 12.3 Å². The maximum Gasteiger partial charge on any atom is 0.142 e. The fourth-order valence-corrected chi connectivity index (χ4v) is 3.15. The van der Waals surface area contributed by atoms with E-state index < -0.39 is 0 Å². The lowest BCUT2D eigenvalue weighted by atomic mass is 9.91. The first-order chi connectivity index (χ1) is 11.1. The third-order valence-corrected chi connectivity index (χ3v) is 4.19. The highest BCUT2D eigenvalue weighted by molar-refractivity contribution is 5.81. The van der Waals surface area contributed by atoms with Crippen molar-refractivity contribution in [2.24, 2.45) is 0 Å². The van der Waals surface area contributed by atoms with Crippen LogP contribution in [0.25, 0.3) is 11.1 Å². The van der Waals surface area contributed by atoms with Crippen LogP contribution in [0.3, 0.4) is 0 Å². The number of nitriles is 1. The summed E-state index contributed by atoms with van der Waals surface area (Å²) in [5, 5.41) is 14.2. The lowest BCUT2D eigenvalue weighted by molar-refractivity contribution is 0.109. The zero-order chi connectivity index (χ0) is 16.6. The summed E-state index contributed by atoms with van der Waals surface area (Å²) in [4.78, 5) is 4.41. The van der Waals surface area contributed by atoms with E-state index in [1.54, 1.807) is 6.08 Å². The van der Waals surface area contributed by atoms with E-state index >= 15 is 0 Å². The molecule has 0 amide bonds. The van der Waals surface area contributed by atoms with Gasteiger partial charge < -0.3 is 10.5 Å². The summed E-state index contributed by atoms with van der Waals surface area (Å²) in [6.45, 7) is 9.38. The molecular formula is C17H19N5O. The minimum absolute atomic E-state index is 0.276. The SMILES string of the molecule is C=CCn1nc(C)c(-c2c(C#N)c(N)nc3c2COCC3)c1C. The lowest BCUT2D eigenvalue weighted by Gasteiger charge is -2.21. The first-order valence-corrected chi connectivity index (χ1v) is 7.52. The Morgan fingerprint density at radius 2 is 2.22 bits per heavy atom. The number of aryl methyl sites for hydroxylation is 1. The second kappa shape index (κ2) is 5.86. The molecule has 2 aromatic rings. The first kappa shape index (κ1) is 15.3. The van der Waals surface area contributed by atoms with Crippen LogP contribution in [-0.4, -0.2) is 21.4 Å². The highest BCUT2D eigenvalue weighted by Gasteiger charge is 2.26. The van der Waals surface area contributed by atoms with Gasteiger partial charge >= 0.3 is 0 Å². The maximum atomic E-state index is 9.60. The predicted molar refractivity (Wildman–Crippen MR) is 87.6 cm³/mol. The van der Waals surface area contributed by atoms with Crippen molar-refractivity contribution >= 4 is 5.82 Å². The van der Waals surface area contributed by atoms with Crippen LogP contribution in [0.15, 0.2) is 12.7 Å². The Morgan fingerprint density at radius 1 is 1.43 bits per heavy atom. The summed E-state index contributed by atoms with van der Waals surface area (Å²) in [6.07, 6.45) is 2.51. The van der Waals surface area contributed by atoms with Crippen LogP contribution in [0.1, 0.15) is 28.2 Å². The fourth-order valence-electron chi connectivity index (χ4n) is 3.15. The Morgan fingerprint density at radius 3 is 2.91 bits per heavy atom. The van der Waals surface area contributed by atoms with Crippen molar-refractivity contribution in [3.8, 4) is 17.2 Å². The number of anilines is 1. The topological polar surface area (TPSA) is 89.8 Å². The van der Waals surface area contributed by atoms with Crippen LogP contribution < -0.4 is 5.73 Å². The van der Waals surface area contributed by atoms with Gasteiger partial charge in [0.1, 0.15) is 17.5 Å². The van der Waals surface area contributed by atoms with Gasteiger partial charge in [-0.3, -0.25) is 4.68 Å². The number of ether oxygens (including phenoxy) is 1. The Balaban J connectivity index is 2.34. The molecule has 3 heterocycles. The summed E-state index contributed by atoms with van der Waals surface area (Å²) in [5.74, 6) is 0.276. The Kier molecular flexibility index (Phi) is 3.89. The Labute approximate surface area is 135 Å². The molecule has 6 nitrogen and oxygen atoms in total. The van der Waals surface area contributed by atoms with Gasteiger partial charge in [-0.15, -0.1) is 6.58 Å². The van der Waals surface area contributed by atoms with E-state index in [0.717, 1.165) is 33.8 Å². The van der Waals surface area contributed by atoms with Gasteiger partial charge in [0.2, 0.25) is 0 Å². The highest BCUT2D eigenvalue weighted by Crippen LogP contribution is 2.37. The predicted octanol–water partition coefficient (Wildman–Crippen LogP) is 2.27. The van der Waals surface area contributed by atoms with Crippen LogP contribution in [-0.2, 0) is 24.3 Å². The molecule has 0 radical (unpaired) electrons. The van der Waals surface area contributed by atoms with Crippen LogP contribution in [0.5, 0.6) is 0 Å². The van der Waals surface area contributed by atoms with E-state index in [-0.39, 0.29) is 5.82 Å². The summed E-state index contributed by atoms with van der Waals surface area (Å²) in [5.41, 5.74) is 11.9. The van der Waals surface area contributed by atoms with Gasteiger partial charge in [-0.25, -0.2) is 4.98 Å². The van der Waals surface area contributed by atoms with E-state index in [1.165, 1.54) is 0 Å². The molecule has 3 rings (SSSR count). The number of hydrogen-bond acceptors (Lipinski definition) is 5. The van der Waals surface area contributed by atoms with Crippen molar-refractivity contribution in [2.45, 2.75) is 33.4 Å². The number of nitrogens with two attached hydrogens (primary N) is 1. The van der Waals surface area contributed by atoms with E-state index in [9.17, 15) is 5.26 Å². The van der Waals surface area contributed by atoms with Gasteiger partial charge in [-0.2, -0.15) is 10.4 Å². The Hall–Kier alpha value is -2.65.